The van der Waals surface area contributed by atoms with E-state index in [0.717, 1.165) is 6.92 Å². The number of aliphatic hydroxyl groups is 2. The maximum Gasteiger partial charge on any atom is 0.490 e. The number of nitrogens with zero attached hydrogens (tertiary/aromatic N) is 1. The van der Waals surface area contributed by atoms with E-state index in [9.17, 15) is 42.8 Å². The number of hydrogen-bond acceptors (Lipinski definition) is 11. The molecule has 33 heavy (non-hydrogen) atoms. The fraction of sp³-hybridized carbons (Fsp3) is 0.500. The van der Waals surface area contributed by atoms with Crippen molar-refractivity contribution < 1.29 is 68.5 Å². The molecule has 6 atom stereocenters. The van der Waals surface area contributed by atoms with Crippen molar-refractivity contribution >= 4 is 23.5 Å². The van der Waals surface area contributed by atoms with Crippen LogP contribution in [0.1, 0.15) is 15.9 Å². The number of phosphoric acid groups is 3. The van der Waals surface area contributed by atoms with E-state index in [1.165, 1.54) is 4.98 Å². The number of hydrogen-bond donors (Lipinski definition) is 7. The lowest BCUT2D eigenvalue weighted by Crippen LogP contribution is -2.48. The molecule has 1 aromatic rings. The van der Waals surface area contributed by atoms with Gasteiger partial charge in [-0.1, -0.05) is 5.92 Å². The molecule has 0 amide bonds. The zero-order valence-corrected chi connectivity index (χ0v) is 18.5. The molecule has 2 heterocycles. The van der Waals surface area contributed by atoms with Gasteiger partial charge in [0, 0.05) is 0 Å². The lowest BCUT2D eigenvalue weighted by Gasteiger charge is -2.26. The van der Waals surface area contributed by atoms with Crippen LogP contribution in [0.5, 0.6) is 0 Å². The van der Waals surface area contributed by atoms with Gasteiger partial charge in [0.25, 0.3) is 5.56 Å². The van der Waals surface area contributed by atoms with Gasteiger partial charge in [0.15, 0.2) is 11.8 Å². The van der Waals surface area contributed by atoms with Crippen LogP contribution < -0.4 is 11.2 Å². The Balaban J connectivity index is 2.45. The molecule has 2 rings (SSSR count). The lowest BCUT2D eigenvalue weighted by atomic mass is 9.94. The van der Waals surface area contributed by atoms with Crippen molar-refractivity contribution in [2.75, 3.05) is 6.56 Å². The number of H-pyrrole nitrogens is 1. The fourth-order valence-electron chi connectivity index (χ4n) is 2.45. The van der Waals surface area contributed by atoms with Crippen molar-refractivity contribution in [1.29, 1.82) is 0 Å². The summed E-state index contributed by atoms with van der Waals surface area (Å²) in [5.74, 6) is 2.54. The average Bonchev–Trinajstić information content (AvgIpc) is 2.86. The summed E-state index contributed by atoms with van der Waals surface area (Å²) in [5, 5.41) is 21.3. The van der Waals surface area contributed by atoms with E-state index in [1.54, 1.807) is 0 Å². The molecule has 0 radical (unpaired) electrons. The molecule has 1 saturated heterocycles. The third-order valence-corrected chi connectivity index (χ3v) is 7.26. The highest BCUT2D eigenvalue weighted by Gasteiger charge is 2.56. The lowest BCUT2D eigenvalue weighted by molar-refractivity contribution is -0.0766. The first-order chi connectivity index (χ1) is 15.6. The van der Waals surface area contributed by atoms with Gasteiger partial charge < -0.3 is 34.5 Å². The van der Waals surface area contributed by atoms with Gasteiger partial charge in [0.1, 0.15) is 12.2 Å². The van der Waals surface area contributed by atoms with Crippen LogP contribution in [0.25, 0.3) is 0 Å². The SMILES string of the molecule is [2H]C([2H])(OP(=O)(O)OP(=O)(O)OP(=O)(O)O)[C@H]1O[C@@H](n2cc(F)c(=O)[nH]c2=O)C(O)(C#CC)[C@H]1O. The molecule has 3 unspecified atom stereocenters. The van der Waals surface area contributed by atoms with E-state index < -0.39 is 71.1 Å². The minimum Gasteiger partial charge on any atom is -0.386 e. The van der Waals surface area contributed by atoms with E-state index in [-0.39, 0.29) is 10.8 Å². The van der Waals surface area contributed by atoms with Crippen LogP contribution in [0.15, 0.2) is 15.8 Å². The molecule has 0 bridgehead atoms. The Morgan fingerprint density at radius 2 is 1.88 bits per heavy atom. The molecular formula is C12H16FN2O15P3. The standard InChI is InChI=1S/C12H16FN2O15P3/c1-2-3-12(19)8(16)7(28-10(12)15-4-6(13)9(17)14-11(15)18)5-27-32(23,24)30-33(25,26)29-31(20,21)22/h4,7-8,10,16,19H,5H2,1H3,(H,23,24)(H,25,26)(H,14,17,18)(H2,20,21,22)/t7-,8+,10-,12?/m1/s1/i5D2. The smallest absolute Gasteiger partial charge is 0.386 e. The first-order valence-electron chi connectivity index (χ1n) is 8.99. The summed E-state index contributed by atoms with van der Waals surface area (Å²) >= 11 is 0. The van der Waals surface area contributed by atoms with Crippen LogP contribution in [-0.4, -0.2) is 63.7 Å². The van der Waals surface area contributed by atoms with Crippen molar-refractivity contribution in [3.8, 4) is 11.8 Å². The molecule has 7 N–H and O–H groups in total. The molecule has 1 aliphatic heterocycles. The number of aromatic nitrogens is 2. The Morgan fingerprint density at radius 3 is 2.42 bits per heavy atom. The second kappa shape index (κ2) is 9.61. The Hall–Kier alpha value is -1.54. The van der Waals surface area contributed by atoms with Crippen LogP contribution in [0.3, 0.4) is 0 Å². The van der Waals surface area contributed by atoms with Gasteiger partial charge in [-0.25, -0.2) is 18.5 Å². The van der Waals surface area contributed by atoms with Crippen molar-refractivity contribution in [2.45, 2.75) is 31.0 Å². The van der Waals surface area contributed by atoms with Crippen molar-refractivity contribution in [2.24, 2.45) is 0 Å². The Bertz CT molecular complexity index is 1320. The zero-order chi connectivity index (χ0) is 27.2. The number of halogens is 1. The topological polar surface area (TPSA) is 264 Å². The van der Waals surface area contributed by atoms with Gasteiger partial charge in [-0.05, 0) is 6.92 Å². The van der Waals surface area contributed by atoms with Gasteiger partial charge >= 0.3 is 29.2 Å². The van der Waals surface area contributed by atoms with Gasteiger partial charge in [0.2, 0.25) is 5.82 Å². The number of ether oxygens (including phenoxy) is 1. The van der Waals surface area contributed by atoms with Gasteiger partial charge in [0.05, 0.1) is 15.5 Å². The predicted octanol–water partition coefficient (Wildman–Crippen LogP) is -1.97. The Labute approximate surface area is 184 Å². The summed E-state index contributed by atoms with van der Waals surface area (Å²) in [4.78, 5) is 60.6. The highest BCUT2D eigenvalue weighted by molar-refractivity contribution is 7.66. The Morgan fingerprint density at radius 1 is 1.27 bits per heavy atom. The van der Waals surface area contributed by atoms with Crippen LogP contribution in [0.2, 0.25) is 0 Å². The second-order valence-corrected chi connectivity index (χ2v) is 10.3. The summed E-state index contributed by atoms with van der Waals surface area (Å²) in [5.41, 5.74) is -5.84. The summed E-state index contributed by atoms with van der Waals surface area (Å²) in [7, 11) is -17.9. The largest absolute Gasteiger partial charge is 0.490 e. The summed E-state index contributed by atoms with van der Waals surface area (Å²) in [6.45, 7) is -2.65. The highest BCUT2D eigenvalue weighted by Crippen LogP contribution is 2.66. The number of rotatable bonds is 8. The molecule has 0 aliphatic carbocycles. The normalized spacial score (nSPS) is 30.4. The maximum atomic E-state index is 13.7. The molecule has 1 aliphatic rings. The monoisotopic (exact) mass is 542 g/mol. The van der Waals surface area contributed by atoms with E-state index in [1.807, 2.05) is 5.92 Å². The third kappa shape index (κ3) is 6.75. The summed E-state index contributed by atoms with van der Waals surface area (Å²) in [6, 6.07) is 0. The number of aromatic amines is 1. The molecule has 17 nitrogen and oxygen atoms in total. The first kappa shape index (κ1) is 24.6. The van der Waals surface area contributed by atoms with Crippen LogP contribution in [0.4, 0.5) is 4.39 Å². The number of phosphoric ester groups is 1. The van der Waals surface area contributed by atoms with E-state index in [2.05, 4.69) is 19.1 Å². The predicted molar refractivity (Wildman–Crippen MR) is 99.4 cm³/mol. The van der Waals surface area contributed by atoms with Crippen molar-refractivity contribution in [1.82, 2.24) is 9.55 Å². The highest BCUT2D eigenvalue weighted by atomic mass is 31.3. The number of nitrogens with one attached hydrogen (secondary N) is 1. The van der Waals surface area contributed by atoms with Gasteiger partial charge in [-0.2, -0.15) is 13.0 Å². The van der Waals surface area contributed by atoms with Crippen molar-refractivity contribution in [3.63, 3.8) is 0 Å². The summed E-state index contributed by atoms with van der Waals surface area (Å²) < 4.78 is 79.5. The molecular weight excluding hydrogens is 524 g/mol. The molecule has 186 valence electrons. The fourth-order valence-corrected chi connectivity index (χ4v) is 5.33. The molecule has 0 saturated carbocycles. The van der Waals surface area contributed by atoms with E-state index in [0.29, 0.717) is 0 Å². The van der Waals surface area contributed by atoms with E-state index in [4.69, 9.17) is 22.2 Å². The Kier molecular flexibility index (Phi) is 7.16. The quantitative estimate of drug-likeness (QED) is 0.139. The van der Waals surface area contributed by atoms with E-state index >= 15 is 0 Å². The molecule has 1 fully saturated rings. The first-order valence-corrected chi connectivity index (χ1v) is 12.5. The summed E-state index contributed by atoms with van der Waals surface area (Å²) in [6.07, 6.45) is -7.18. The van der Waals surface area contributed by atoms with Gasteiger partial charge in [-0.15, -0.1) is 5.92 Å². The third-order valence-electron chi connectivity index (χ3n) is 3.59. The molecule has 0 aromatic carbocycles. The average molecular weight is 542 g/mol. The molecule has 1 aromatic heterocycles. The minimum absolute atomic E-state index is 0.172. The number of aliphatic hydroxyl groups excluding tert-OH is 1. The molecule has 21 heteroatoms. The van der Waals surface area contributed by atoms with Crippen LogP contribution in [0, 0.1) is 17.7 Å². The molecule has 0 spiro atoms. The van der Waals surface area contributed by atoms with Crippen molar-refractivity contribution in [3.05, 3.63) is 32.9 Å². The maximum absolute atomic E-state index is 13.7. The minimum atomic E-state index is -6.11. The second-order valence-electron chi connectivity index (χ2n) is 6.00. The van der Waals surface area contributed by atoms with Crippen LogP contribution in [-0.2, 0) is 31.6 Å². The van der Waals surface area contributed by atoms with Crippen LogP contribution >= 0.6 is 23.5 Å². The zero-order valence-electron chi connectivity index (χ0n) is 17.8. The van der Waals surface area contributed by atoms with Gasteiger partial charge in [-0.3, -0.25) is 18.9 Å².